The summed E-state index contributed by atoms with van der Waals surface area (Å²) in [6.07, 6.45) is -22.9. The minimum atomic E-state index is -6.12. The van der Waals surface area contributed by atoms with Crippen LogP contribution >= 0.6 is 0 Å². The van der Waals surface area contributed by atoms with Crippen LogP contribution in [0.4, 0.5) is 43.9 Å². The molecule has 0 aliphatic rings. The van der Waals surface area contributed by atoms with Crippen molar-refractivity contribution in [3.63, 3.8) is 0 Å². The van der Waals surface area contributed by atoms with Gasteiger partial charge in [-0.3, -0.25) is 4.79 Å². The van der Waals surface area contributed by atoms with E-state index in [1.165, 1.54) is 0 Å². The van der Waals surface area contributed by atoms with Crippen LogP contribution in [-0.4, -0.2) is 18.0 Å². The van der Waals surface area contributed by atoms with Crippen LogP contribution in [0.25, 0.3) is 0 Å². The Kier molecular flexibility index (Phi) is 6.19. The molecule has 0 bridgehead atoms. The van der Waals surface area contributed by atoms with E-state index in [1.54, 1.807) is 0 Å². The summed E-state index contributed by atoms with van der Waals surface area (Å²) in [5.41, 5.74) is -3.70. The molecule has 2 rings (SSSR count). The van der Waals surface area contributed by atoms with Gasteiger partial charge in [0.2, 0.25) is 0 Å². The fourth-order valence-corrected chi connectivity index (χ4v) is 2.09. The molecule has 2 aromatic rings. The molecule has 0 unspecified atom stereocenters. The summed E-state index contributed by atoms with van der Waals surface area (Å²) in [5, 5.41) is 0. The standard InChI is InChI=1S/C17H8F10O3/c18-11-7-3-1-5-9(11)14(20,21)29-16(24,25)13(28)17(26,27)30-15(22,23)10-6-2-4-8-12(10)19/h1-8H. The number of halogens is 10. The zero-order chi connectivity index (χ0) is 23.0. The van der Waals surface area contributed by atoms with Crippen LogP contribution in [0, 0.1) is 11.6 Å². The van der Waals surface area contributed by atoms with E-state index in [4.69, 9.17) is 0 Å². The van der Waals surface area contributed by atoms with E-state index < -0.39 is 53.0 Å². The third kappa shape index (κ3) is 4.90. The van der Waals surface area contributed by atoms with Crippen LogP contribution in [-0.2, 0) is 26.5 Å². The molecule has 0 heterocycles. The highest BCUT2D eigenvalue weighted by atomic mass is 19.3. The first-order valence-electron chi connectivity index (χ1n) is 7.57. The summed E-state index contributed by atoms with van der Waals surface area (Å²) in [5.74, 6) is -7.54. The molecular formula is C17H8F10O3. The number of benzene rings is 2. The molecule has 0 saturated carbocycles. The number of ketones is 1. The summed E-state index contributed by atoms with van der Waals surface area (Å²) in [7, 11) is 0. The van der Waals surface area contributed by atoms with Crippen molar-refractivity contribution in [2.24, 2.45) is 0 Å². The molecule has 0 fully saturated rings. The molecule has 30 heavy (non-hydrogen) atoms. The van der Waals surface area contributed by atoms with Gasteiger partial charge in [0.15, 0.2) is 0 Å². The maximum absolute atomic E-state index is 13.7. The lowest BCUT2D eigenvalue weighted by atomic mass is 10.2. The van der Waals surface area contributed by atoms with Crippen LogP contribution in [0.2, 0.25) is 0 Å². The average Bonchev–Trinajstić information content (AvgIpc) is 2.59. The summed E-state index contributed by atoms with van der Waals surface area (Å²) < 4.78 is 142. The lowest BCUT2D eigenvalue weighted by Crippen LogP contribution is -2.50. The Labute approximate surface area is 160 Å². The lowest BCUT2D eigenvalue weighted by molar-refractivity contribution is -0.399. The highest BCUT2D eigenvalue weighted by molar-refractivity contribution is 5.89. The van der Waals surface area contributed by atoms with Gasteiger partial charge in [-0.25, -0.2) is 18.3 Å². The first-order valence-corrected chi connectivity index (χ1v) is 7.57. The number of carbonyl (C=O) groups excluding carboxylic acids is 1. The Balaban J connectivity index is 2.28. The second-order valence-electron chi connectivity index (χ2n) is 5.56. The van der Waals surface area contributed by atoms with Crippen LogP contribution in [0.3, 0.4) is 0 Å². The number of alkyl halides is 8. The van der Waals surface area contributed by atoms with Gasteiger partial charge in [0.25, 0.3) is 0 Å². The third-order valence-corrected chi connectivity index (χ3v) is 3.42. The predicted molar refractivity (Wildman–Crippen MR) is 77.7 cm³/mol. The predicted octanol–water partition coefficient (Wildman–Crippen LogP) is 5.55. The Hall–Kier alpha value is -2.67. The molecule has 0 aromatic heterocycles. The molecule has 0 aliphatic heterocycles. The van der Waals surface area contributed by atoms with E-state index in [0.29, 0.717) is 12.1 Å². The van der Waals surface area contributed by atoms with Crippen molar-refractivity contribution in [3.8, 4) is 0 Å². The second-order valence-corrected chi connectivity index (χ2v) is 5.56. The Morgan fingerprint density at radius 1 is 0.600 bits per heavy atom. The number of carbonyl (C=O) groups is 1. The highest BCUT2D eigenvalue weighted by Gasteiger charge is 2.64. The first-order chi connectivity index (χ1) is 13.6. The van der Waals surface area contributed by atoms with Gasteiger partial charge < -0.3 is 0 Å². The number of ether oxygens (including phenoxy) is 2. The Morgan fingerprint density at radius 3 is 1.20 bits per heavy atom. The van der Waals surface area contributed by atoms with Crippen molar-refractivity contribution in [1.29, 1.82) is 0 Å². The van der Waals surface area contributed by atoms with E-state index in [-0.39, 0.29) is 12.1 Å². The smallest absolute Gasteiger partial charge is 0.280 e. The van der Waals surface area contributed by atoms with Crippen LogP contribution in [0.5, 0.6) is 0 Å². The fraction of sp³-hybridized carbons (Fsp3) is 0.235. The van der Waals surface area contributed by atoms with Crippen molar-refractivity contribution in [2.75, 3.05) is 0 Å². The quantitative estimate of drug-likeness (QED) is 0.495. The van der Waals surface area contributed by atoms with Gasteiger partial charge in [-0.15, -0.1) is 0 Å². The first kappa shape index (κ1) is 23.6. The molecule has 0 saturated heterocycles. The SMILES string of the molecule is O=C(C(F)(F)OC(F)(F)c1ccccc1F)C(F)(F)OC(F)(F)c1ccccc1F. The van der Waals surface area contributed by atoms with Gasteiger partial charge in [-0.2, -0.15) is 35.1 Å². The molecule has 0 spiro atoms. The topological polar surface area (TPSA) is 35.5 Å². The van der Waals surface area contributed by atoms with E-state index in [1.807, 2.05) is 0 Å². The summed E-state index contributed by atoms with van der Waals surface area (Å²) >= 11 is 0. The van der Waals surface area contributed by atoms with Crippen molar-refractivity contribution in [3.05, 3.63) is 71.3 Å². The molecule has 2 aromatic carbocycles. The van der Waals surface area contributed by atoms with Crippen molar-refractivity contribution >= 4 is 5.78 Å². The van der Waals surface area contributed by atoms with Crippen molar-refractivity contribution < 1.29 is 58.2 Å². The van der Waals surface area contributed by atoms with Gasteiger partial charge in [0.1, 0.15) is 11.6 Å². The van der Waals surface area contributed by atoms with Crippen molar-refractivity contribution in [1.82, 2.24) is 0 Å². The van der Waals surface area contributed by atoms with Gasteiger partial charge >= 0.3 is 30.2 Å². The van der Waals surface area contributed by atoms with E-state index in [0.717, 1.165) is 24.3 Å². The van der Waals surface area contributed by atoms with E-state index in [2.05, 4.69) is 9.47 Å². The molecule has 164 valence electrons. The van der Waals surface area contributed by atoms with E-state index >= 15 is 0 Å². The van der Waals surface area contributed by atoms with Gasteiger partial charge in [0.05, 0.1) is 11.1 Å². The molecule has 0 radical (unpaired) electrons. The zero-order valence-electron chi connectivity index (χ0n) is 14.1. The molecule has 3 nitrogen and oxygen atoms in total. The number of hydrogen-bond donors (Lipinski definition) is 0. The largest absolute Gasteiger partial charge is 0.429 e. The Bertz CT molecular complexity index is 856. The van der Waals surface area contributed by atoms with E-state index in [9.17, 15) is 48.7 Å². The Morgan fingerprint density at radius 2 is 0.900 bits per heavy atom. The maximum Gasteiger partial charge on any atom is 0.429 e. The summed E-state index contributed by atoms with van der Waals surface area (Å²) in [6, 6.07) is 4.53. The fourth-order valence-electron chi connectivity index (χ4n) is 2.09. The van der Waals surface area contributed by atoms with Crippen LogP contribution < -0.4 is 0 Å². The maximum atomic E-state index is 13.7. The molecule has 13 heteroatoms. The normalized spacial score (nSPS) is 13.4. The monoisotopic (exact) mass is 450 g/mol. The summed E-state index contributed by atoms with van der Waals surface area (Å²) in [6.45, 7) is 0. The molecule has 0 amide bonds. The number of rotatable bonds is 8. The minimum Gasteiger partial charge on any atom is -0.280 e. The minimum absolute atomic E-state index is 0.247. The average molecular weight is 450 g/mol. The van der Waals surface area contributed by atoms with Crippen molar-refractivity contribution in [2.45, 2.75) is 24.4 Å². The summed E-state index contributed by atoms with van der Waals surface area (Å²) in [4.78, 5) is 11.3. The third-order valence-electron chi connectivity index (χ3n) is 3.42. The number of hydrogen-bond acceptors (Lipinski definition) is 3. The molecular weight excluding hydrogens is 442 g/mol. The second kappa shape index (κ2) is 7.87. The van der Waals surface area contributed by atoms with Crippen LogP contribution in [0.1, 0.15) is 11.1 Å². The number of Topliss-reactive ketones (excluding diaryl/α,β-unsaturated/α-hetero) is 1. The van der Waals surface area contributed by atoms with Gasteiger partial charge in [-0.1, -0.05) is 24.3 Å². The lowest BCUT2D eigenvalue weighted by Gasteiger charge is -2.27. The molecule has 0 N–H and O–H groups in total. The van der Waals surface area contributed by atoms with Gasteiger partial charge in [-0.05, 0) is 24.3 Å². The highest BCUT2D eigenvalue weighted by Crippen LogP contribution is 2.43. The van der Waals surface area contributed by atoms with Crippen LogP contribution in [0.15, 0.2) is 48.5 Å². The van der Waals surface area contributed by atoms with Gasteiger partial charge in [0, 0.05) is 0 Å². The molecule has 0 aliphatic carbocycles. The molecule has 0 atom stereocenters. The zero-order valence-corrected chi connectivity index (χ0v) is 14.1.